The van der Waals surface area contributed by atoms with E-state index in [0.717, 1.165) is 46.3 Å². The van der Waals surface area contributed by atoms with Crippen LogP contribution >= 0.6 is 0 Å². The van der Waals surface area contributed by atoms with Crippen LogP contribution in [0, 0.1) is 0 Å². The summed E-state index contributed by atoms with van der Waals surface area (Å²) < 4.78 is 19.5. The monoisotopic (exact) mass is 664 g/mol. The smallest absolute Gasteiger partial charge is 0.338 e. The zero-order valence-corrected chi connectivity index (χ0v) is 28.4. The Kier molecular flexibility index (Phi) is 9.51. The Labute approximate surface area is 291 Å². The zero-order chi connectivity index (χ0) is 34.5. The summed E-state index contributed by atoms with van der Waals surface area (Å²) in [6.45, 7) is 7.14. The summed E-state index contributed by atoms with van der Waals surface area (Å²) in [7, 11) is 0. The lowest BCUT2D eigenvalue weighted by Crippen LogP contribution is -2.33. The maximum absolute atomic E-state index is 12.1. The van der Waals surface area contributed by atoms with Crippen molar-refractivity contribution in [3.63, 3.8) is 0 Å². The van der Waals surface area contributed by atoms with E-state index < -0.39 is 0 Å². The van der Waals surface area contributed by atoms with Crippen LogP contribution < -0.4 is 9.13 Å². The van der Waals surface area contributed by atoms with Gasteiger partial charge >= 0.3 is 11.9 Å². The van der Waals surface area contributed by atoms with E-state index in [1.54, 1.807) is 0 Å². The number of aromatic nitrogens is 4. The van der Waals surface area contributed by atoms with Gasteiger partial charge in [0.1, 0.15) is 26.2 Å². The van der Waals surface area contributed by atoms with Crippen LogP contribution in [0.25, 0.3) is 22.1 Å². The molecule has 0 fully saturated rings. The van der Waals surface area contributed by atoms with Crippen LogP contribution in [0.3, 0.4) is 0 Å². The van der Waals surface area contributed by atoms with Crippen molar-refractivity contribution in [2.75, 3.05) is 13.2 Å². The standard InChI is InChI=1S/C42H40N4O4/c1-3-49-41(47)33-21-17-31(18-22-33)25-43-29-45(39-15-9-7-13-37(39)43)27-35-11-5-6-12-36(35)28-46-30-44(38-14-8-10-16-40(38)46)26-32-19-23-34(24-20-32)42(48)50-4-2/h5-24,29-30H,3-4,25-28H2,1-2H3/q+2. The normalized spacial score (nSPS) is 11.2. The van der Waals surface area contributed by atoms with Gasteiger partial charge < -0.3 is 9.47 Å². The van der Waals surface area contributed by atoms with E-state index in [1.807, 2.05) is 62.4 Å². The summed E-state index contributed by atoms with van der Waals surface area (Å²) in [4.78, 5) is 24.3. The van der Waals surface area contributed by atoms with E-state index in [2.05, 4.69) is 104 Å². The van der Waals surface area contributed by atoms with Gasteiger partial charge in [0.25, 0.3) is 0 Å². The number of nitrogens with zero attached hydrogens (tertiary/aromatic N) is 4. The predicted molar refractivity (Wildman–Crippen MR) is 192 cm³/mol. The third-order valence-electron chi connectivity index (χ3n) is 8.99. The minimum atomic E-state index is -0.299. The molecule has 0 aliphatic heterocycles. The number of rotatable bonds is 12. The minimum absolute atomic E-state index is 0.299. The average Bonchev–Trinajstić information content (AvgIpc) is 3.67. The summed E-state index contributed by atoms with van der Waals surface area (Å²) in [6.07, 6.45) is 4.37. The Morgan fingerprint density at radius 3 is 1.30 bits per heavy atom. The molecule has 2 aromatic heterocycles. The fraction of sp³-hybridized carbons (Fsp3) is 0.190. The number of carbonyl (C=O) groups excluding carboxylic acids is 2. The molecule has 0 unspecified atom stereocenters. The highest BCUT2D eigenvalue weighted by Gasteiger charge is 2.20. The minimum Gasteiger partial charge on any atom is -0.462 e. The van der Waals surface area contributed by atoms with E-state index in [4.69, 9.17) is 9.47 Å². The van der Waals surface area contributed by atoms with E-state index in [-0.39, 0.29) is 11.9 Å². The van der Waals surface area contributed by atoms with Crippen molar-refractivity contribution in [2.24, 2.45) is 0 Å². The molecule has 0 aliphatic rings. The molecule has 50 heavy (non-hydrogen) atoms. The van der Waals surface area contributed by atoms with E-state index in [9.17, 15) is 9.59 Å². The van der Waals surface area contributed by atoms with Gasteiger partial charge in [-0.2, -0.15) is 0 Å². The highest BCUT2D eigenvalue weighted by molar-refractivity contribution is 5.89. The number of ether oxygens (including phenoxy) is 2. The molecule has 8 nitrogen and oxygen atoms in total. The topological polar surface area (TPSA) is 70.2 Å². The van der Waals surface area contributed by atoms with Gasteiger partial charge in [0.15, 0.2) is 22.1 Å². The molecule has 0 amide bonds. The maximum atomic E-state index is 12.1. The van der Waals surface area contributed by atoms with Crippen molar-refractivity contribution in [3.8, 4) is 0 Å². The number of hydrogen-bond acceptors (Lipinski definition) is 4. The lowest BCUT2D eigenvalue weighted by molar-refractivity contribution is -0.663. The first-order valence-corrected chi connectivity index (χ1v) is 17.0. The van der Waals surface area contributed by atoms with E-state index in [1.165, 1.54) is 11.1 Å². The van der Waals surface area contributed by atoms with Crippen LogP contribution in [0.1, 0.15) is 56.8 Å². The Morgan fingerprint density at radius 1 is 0.520 bits per heavy atom. The van der Waals surface area contributed by atoms with Gasteiger partial charge in [-0.1, -0.05) is 72.8 Å². The van der Waals surface area contributed by atoms with Crippen LogP contribution in [0.4, 0.5) is 0 Å². The first-order valence-electron chi connectivity index (χ1n) is 17.0. The lowest BCUT2D eigenvalue weighted by Gasteiger charge is -2.07. The fourth-order valence-corrected chi connectivity index (χ4v) is 6.54. The fourth-order valence-electron chi connectivity index (χ4n) is 6.54. The molecule has 0 saturated heterocycles. The largest absolute Gasteiger partial charge is 0.462 e. The number of esters is 2. The molecule has 0 aliphatic carbocycles. The highest BCUT2D eigenvalue weighted by Crippen LogP contribution is 2.20. The summed E-state index contributed by atoms with van der Waals surface area (Å²) in [6, 6.07) is 40.9. The van der Waals surface area contributed by atoms with Gasteiger partial charge in [-0.15, -0.1) is 0 Å². The third kappa shape index (κ3) is 6.91. The molecule has 7 rings (SSSR count). The average molecular weight is 665 g/mol. The third-order valence-corrected chi connectivity index (χ3v) is 8.99. The molecule has 7 aromatic rings. The molecular formula is C42H40N4O4+2. The highest BCUT2D eigenvalue weighted by atomic mass is 16.5. The second-order valence-electron chi connectivity index (χ2n) is 12.3. The van der Waals surface area contributed by atoms with Gasteiger partial charge in [-0.05, 0) is 73.5 Å². The Balaban J connectivity index is 1.14. The molecule has 0 bridgehead atoms. The van der Waals surface area contributed by atoms with Gasteiger partial charge in [-0.25, -0.2) is 27.9 Å². The summed E-state index contributed by atoms with van der Waals surface area (Å²) in [5.74, 6) is -0.598. The molecule has 0 spiro atoms. The van der Waals surface area contributed by atoms with Crippen molar-refractivity contribution >= 4 is 34.0 Å². The maximum Gasteiger partial charge on any atom is 0.338 e. The predicted octanol–water partition coefficient (Wildman–Crippen LogP) is 6.72. The Hall–Kier alpha value is -6.02. The van der Waals surface area contributed by atoms with Crippen molar-refractivity contribution in [1.29, 1.82) is 0 Å². The molecule has 0 atom stereocenters. The van der Waals surface area contributed by atoms with E-state index >= 15 is 0 Å². The number of carbonyl (C=O) groups is 2. The Morgan fingerprint density at radius 2 is 0.900 bits per heavy atom. The first-order chi connectivity index (χ1) is 24.5. The Bertz CT molecular complexity index is 2120. The van der Waals surface area contributed by atoms with Gasteiger partial charge in [0, 0.05) is 11.1 Å². The van der Waals surface area contributed by atoms with Crippen molar-refractivity contribution in [1.82, 2.24) is 9.13 Å². The van der Waals surface area contributed by atoms with Crippen molar-refractivity contribution < 1.29 is 28.2 Å². The van der Waals surface area contributed by atoms with Gasteiger partial charge in [-0.3, -0.25) is 0 Å². The number of imidazole rings is 2. The van der Waals surface area contributed by atoms with Crippen LogP contribution in [0.5, 0.6) is 0 Å². The number of para-hydroxylation sites is 4. The number of fused-ring (bicyclic) bond motifs is 2. The second-order valence-corrected chi connectivity index (χ2v) is 12.3. The van der Waals surface area contributed by atoms with Crippen LogP contribution in [-0.2, 0) is 35.7 Å². The number of hydrogen-bond donors (Lipinski definition) is 0. The second kappa shape index (κ2) is 14.6. The molecule has 250 valence electrons. The zero-order valence-electron chi connectivity index (χ0n) is 28.4. The van der Waals surface area contributed by atoms with Gasteiger partial charge in [0.2, 0.25) is 12.7 Å². The molecule has 5 aromatic carbocycles. The first kappa shape index (κ1) is 32.5. The molecule has 8 heteroatoms. The molecule has 0 saturated carbocycles. The summed E-state index contributed by atoms with van der Waals surface area (Å²) in [5.41, 5.74) is 10.4. The molecular weight excluding hydrogens is 624 g/mol. The van der Waals surface area contributed by atoms with E-state index in [0.29, 0.717) is 37.4 Å². The lowest BCUT2D eigenvalue weighted by atomic mass is 10.1. The molecule has 0 radical (unpaired) electrons. The van der Waals surface area contributed by atoms with Crippen LogP contribution in [0.15, 0.2) is 134 Å². The van der Waals surface area contributed by atoms with Gasteiger partial charge in [0.05, 0.1) is 24.3 Å². The summed E-state index contributed by atoms with van der Waals surface area (Å²) in [5, 5.41) is 0. The SMILES string of the molecule is CCOC(=O)c1ccc(C[n+]2cn(Cc3ccccc3Cn3c[n+](Cc4ccc(C(=O)OCC)cc4)c4ccccc43)c3ccccc32)cc1. The van der Waals surface area contributed by atoms with Crippen LogP contribution in [0.2, 0.25) is 0 Å². The molecule has 2 heterocycles. The number of benzene rings is 5. The van der Waals surface area contributed by atoms with Crippen LogP contribution in [-0.4, -0.2) is 34.3 Å². The van der Waals surface area contributed by atoms with Crippen molar-refractivity contribution in [3.05, 3.63) is 167 Å². The molecule has 0 N–H and O–H groups in total. The van der Waals surface area contributed by atoms with Crippen molar-refractivity contribution in [2.45, 2.75) is 40.0 Å². The quantitative estimate of drug-likeness (QED) is 0.108. The summed E-state index contributed by atoms with van der Waals surface area (Å²) >= 11 is 0.